The highest BCUT2D eigenvalue weighted by atomic mass is 35.5. The quantitative estimate of drug-likeness (QED) is 0.521. The summed E-state index contributed by atoms with van der Waals surface area (Å²) in [7, 11) is 0. The van der Waals surface area contributed by atoms with E-state index in [0.29, 0.717) is 16.3 Å². The molecule has 0 aromatic heterocycles. The van der Waals surface area contributed by atoms with Gasteiger partial charge in [0.2, 0.25) is 5.91 Å². The van der Waals surface area contributed by atoms with Crippen LogP contribution in [0, 0.1) is 17.0 Å². The van der Waals surface area contributed by atoms with Gasteiger partial charge in [-0.15, -0.1) is 0 Å². The van der Waals surface area contributed by atoms with Crippen LogP contribution in [0.3, 0.4) is 0 Å². The van der Waals surface area contributed by atoms with E-state index in [9.17, 15) is 14.9 Å². The smallest absolute Gasteiger partial charge is 0.274 e. The zero-order valence-corrected chi connectivity index (χ0v) is 12.5. The summed E-state index contributed by atoms with van der Waals surface area (Å²) in [5, 5.41) is 14.1. The average molecular weight is 317 g/mol. The van der Waals surface area contributed by atoms with Crippen LogP contribution in [0.2, 0.25) is 5.02 Å². The number of rotatable bonds is 4. The minimum absolute atomic E-state index is 0.0283. The fourth-order valence-corrected chi connectivity index (χ4v) is 1.94. The van der Waals surface area contributed by atoms with Gasteiger partial charge in [-0.25, -0.2) is 0 Å². The monoisotopic (exact) mass is 316 g/mol. The van der Waals surface area contributed by atoms with Gasteiger partial charge >= 0.3 is 0 Å². The first-order chi connectivity index (χ1) is 10.5. The van der Waals surface area contributed by atoms with E-state index < -0.39 is 4.92 Å². The summed E-state index contributed by atoms with van der Waals surface area (Å²) in [6, 6.07) is 11.6. The molecule has 0 heterocycles. The van der Waals surface area contributed by atoms with Crippen molar-refractivity contribution in [2.45, 2.75) is 6.92 Å². The Hall–Kier alpha value is -2.66. The molecular weight excluding hydrogens is 304 g/mol. The summed E-state index contributed by atoms with van der Waals surface area (Å²) in [6.07, 6.45) is 2.99. The van der Waals surface area contributed by atoms with Gasteiger partial charge in [-0.3, -0.25) is 14.9 Å². The van der Waals surface area contributed by atoms with Crippen molar-refractivity contribution in [2.24, 2.45) is 0 Å². The maximum absolute atomic E-state index is 11.8. The normalized spacial score (nSPS) is 10.6. The molecule has 0 radical (unpaired) electrons. The molecule has 2 aromatic rings. The maximum atomic E-state index is 11.8. The predicted octanol–water partition coefficient (Wildman–Crippen LogP) is 4.21. The summed E-state index contributed by atoms with van der Waals surface area (Å²) in [5.41, 5.74) is 1.72. The molecule has 0 saturated heterocycles. The number of hydrogen-bond donors (Lipinski definition) is 1. The molecular formula is C16H13ClN2O3. The lowest BCUT2D eigenvalue weighted by atomic mass is 10.2. The zero-order chi connectivity index (χ0) is 16.1. The highest BCUT2D eigenvalue weighted by Crippen LogP contribution is 2.22. The first-order valence-electron chi connectivity index (χ1n) is 6.45. The van der Waals surface area contributed by atoms with Crippen LogP contribution in [0.5, 0.6) is 0 Å². The number of carbonyl (C=O) groups excluding carboxylic acids is 1. The Bertz CT molecular complexity index is 740. The molecule has 0 aliphatic rings. The number of carbonyl (C=O) groups is 1. The van der Waals surface area contributed by atoms with Crippen molar-refractivity contribution in [3.63, 3.8) is 0 Å². The van der Waals surface area contributed by atoms with Crippen molar-refractivity contribution < 1.29 is 9.72 Å². The maximum Gasteiger partial charge on any atom is 0.274 e. The van der Waals surface area contributed by atoms with E-state index in [0.717, 1.165) is 5.56 Å². The van der Waals surface area contributed by atoms with Crippen LogP contribution in [0.25, 0.3) is 6.08 Å². The average Bonchev–Trinajstić information content (AvgIpc) is 2.48. The van der Waals surface area contributed by atoms with Gasteiger partial charge in [0.25, 0.3) is 5.69 Å². The molecule has 22 heavy (non-hydrogen) atoms. The largest absolute Gasteiger partial charge is 0.322 e. The van der Waals surface area contributed by atoms with Crippen molar-refractivity contribution in [2.75, 3.05) is 5.32 Å². The van der Waals surface area contributed by atoms with Gasteiger partial charge in [0.15, 0.2) is 0 Å². The lowest BCUT2D eigenvalue weighted by molar-refractivity contribution is -0.385. The van der Waals surface area contributed by atoms with E-state index in [1.54, 1.807) is 49.4 Å². The molecule has 0 aliphatic carbocycles. The number of aryl methyl sites for hydroxylation is 1. The molecule has 2 rings (SSSR count). The molecule has 1 amide bonds. The molecule has 0 atom stereocenters. The van der Waals surface area contributed by atoms with Gasteiger partial charge in [0.05, 0.1) is 4.92 Å². The van der Waals surface area contributed by atoms with Crippen LogP contribution in [0.4, 0.5) is 11.4 Å². The predicted molar refractivity (Wildman–Crippen MR) is 86.9 cm³/mol. The van der Waals surface area contributed by atoms with Gasteiger partial charge in [-0.2, -0.15) is 0 Å². The third kappa shape index (κ3) is 4.17. The van der Waals surface area contributed by atoms with Crippen LogP contribution in [0.15, 0.2) is 48.5 Å². The second kappa shape index (κ2) is 6.87. The highest BCUT2D eigenvalue weighted by Gasteiger charge is 2.11. The number of nitrogens with zero attached hydrogens (tertiary/aromatic N) is 1. The summed E-state index contributed by atoms with van der Waals surface area (Å²) in [6.45, 7) is 1.64. The van der Waals surface area contributed by atoms with E-state index in [-0.39, 0.29) is 11.6 Å². The van der Waals surface area contributed by atoms with E-state index >= 15 is 0 Å². The third-order valence-electron chi connectivity index (χ3n) is 2.97. The number of nitro benzene ring substituents is 1. The van der Waals surface area contributed by atoms with Gasteiger partial charge in [-0.05, 0) is 36.8 Å². The molecule has 0 bridgehead atoms. The summed E-state index contributed by atoms with van der Waals surface area (Å²) in [4.78, 5) is 22.2. The Morgan fingerprint density at radius 2 is 1.91 bits per heavy atom. The molecule has 1 N–H and O–H groups in total. The second-order valence-electron chi connectivity index (χ2n) is 4.63. The summed E-state index contributed by atoms with van der Waals surface area (Å²) >= 11 is 5.78. The highest BCUT2D eigenvalue weighted by molar-refractivity contribution is 6.30. The number of nitrogens with one attached hydrogen (secondary N) is 1. The molecule has 5 nitrogen and oxygen atoms in total. The van der Waals surface area contributed by atoms with Crippen LogP contribution in [0.1, 0.15) is 11.1 Å². The van der Waals surface area contributed by atoms with Gasteiger partial charge in [0.1, 0.15) is 0 Å². The first kappa shape index (κ1) is 15.7. The van der Waals surface area contributed by atoms with Gasteiger partial charge in [0, 0.05) is 28.4 Å². The lowest BCUT2D eigenvalue weighted by Crippen LogP contribution is -2.08. The fourth-order valence-electron chi connectivity index (χ4n) is 1.81. The van der Waals surface area contributed by atoms with Crippen LogP contribution in [-0.4, -0.2) is 10.8 Å². The van der Waals surface area contributed by atoms with Crippen molar-refractivity contribution in [1.82, 2.24) is 0 Å². The number of hydrogen-bond acceptors (Lipinski definition) is 3. The molecule has 0 spiro atoms. The Morgan fingerprint density at radius 3 is 2.55 bits per heavy atom. The van der Waals surface area contributed by atoms with E-state index in [4.69, 9.17) is 11.6 Å². The zero-order valence-electron chi connectivity index (χ0n) is 11.7. The van der Waals surface area contributed by atoms with Crippen LogP contribution < -0.4 is 5.32 Å². The van der Waals surface area contributed by atoms with Crippen LogP contribution >= 0.6 is 11.6 Å². The van der Waals surface area contributed by atoms with Crippen molar-refractivity contribution in [3.05, 3.63) is 74.8 Å². The Kier molecular flexibility index (Phi) is 4.91. The Labute approximate surface area is 132 Å². The minimum Gasteiger partial charge on any atom is -0.322 e. The topological polar surface area (TPSA) is 72.2 Å². The lowest BCUT2D eigenvalue weighted by Gasteiger charge is -2.03. The minimum atomic E-state index is -0.478. The molecule has 2 aromatic carbocycles. The second-order valence-corrected chi connectivity index (χ2v) is 5.07. The van der Waals surface area contributed by atoms with E-state index in [1.165, 1.54) is 12.1 Å². The van der Waals surface area contributed by atoms with E-state index in [1.807, 2.05) is 0 Å². The first-order valence-corrected chi connectivity index (χ1v) is 6.83. The molecule has 6 heteroatoms. The number of benzene rings is 2. The standard InChI is InChI=1S/C16H13ClN2O3/c1-11-2-8-14(10-15(11)19(21)22)18-16(20)9-5-12-3-6-13(17)7-4-12/h2-10H,1H3,(H,18,20). The number of anilines is 1. The molecule has 0 aliphatic heterocycles. The van der Waals surface area contributed by atoms with Crippen molar-refractivity contribution in [3.8, 4) is 0 Å². The van der Waals surface area contributed by atoms with E-state index in [2.05, 4.69) is 5.32 Å². The van der Waals surface area contributed by atoms with Crippen molar-refractivity contribution in [1.29, 1.82) is 0 Å². The van der Waals surface area contributed by atoms with Gasteiger partial charge in [-0.1, -0.05) is 29.8 Å². The molecule has 0 saturated carbocycles. The number of halogens is 1. The third-order valence-corrected chi connectivity index (χ3v) is 3.22. The molecule has 0 fully saturated rings. The SMILES string of the molecule is Cc1ccc(NC(=O)C=Cc2ccc(Cl)cc2)cc1[N+](=O)[O-]. The van der Waals surface area contributed by atoms with Crippen molar-refractivity contribution >= 4 is 35.0 Å². The van der Waals surface area contributed by atoms with Crippen LogP contribution in [-0.2, 0) is 4.79 Å². The Balaban J connectivity index is 2.07. The molecule has 0 unspecified atom stereocenters. The Morgan fingerprint density at radius 1 is 1.23 bits per heavy atom. The summed E-state index contributed by atoms with van der Waals surface area (Å²) in [5.74, 6) is -0.367. The molecule has 112 valence electrons. The summed E-state index contributed by atoms with van der Waals surface area (Å²) < 4.78 is 0. The fraction of sp³-hybridized carbons (Fsp3) is 0.0625. The number of amides is 1. The number of nitro groups is 1. The van der Waals surface area contributed by atoms with Gasteiger partial charge < -0.3 is 5.32 Å².